The Bertz CT molecular complexity index is 1470. The molecule has 0 fully saturated rings. The fourth-order valence-corrected chi connectivity index (χ4v) is 5.26. The molecule has 336 valence electrons. The first-order chi connectivity index (χ1) is 30.0. The third kappa shape index (κ3) is 46.0. The third-order valence-electron chi connectivity index (χ3n) is 8.62. The molecule has 1 unspecified atom stereocenters. The highest BCUT2D eigenvalue weighted by Gasteiger charge is 2.19. The topological polar surface area (TPSA) is 78.9 Å². The van der Waals surface area contributed by atoms with Crippen LogP contribution in [0.5, 0.6) is 0 Å². The van der Waals surface area contributed by atoms with Crippen LogP contribution in [0, 0.1) is 0 Å². The molecule has 6 nitrogen and oxygen atoms in total. The average Bonchev–Trinajstić information content (AvgIpc) is 3.26. The van der Waals surface area contributed by atoms with Gasteiger partial charge in [0.25, 0.3) is 0 Å². The molecule has 0 radical (unpaired) electrons. The summed E-state index contributed by atoms with van der Waals surface area (Å²) in [5.41, 5.74) is 0. The number of allylic oxidation sites excluding steroid dienone is 26. The molecule has 0 heterocycles. The molecule has 0 bridgehead atoms. The van der Waals surface area contributed by atoms with Crippen molar-refractivity contribution in [1.29, 1.82) is 0 Å². The van der Waals surface area contributed by atoms with Gasteiger partial charge in [0.15, 0.2) is 6.10 Å². The van der Waals surface area contributed by atoms with Crippen molar-refractivity contribution in [1.82, 2.24) is 0 Å². The highest BCUT2D eigenvalue weighted by molar-refractivity contribution is 5.71. The number of rotatable bonds is 38. The maximum absolute atomic E-state index is 12.7. The van der Waals surface area contributed by atoms with Gasteiger partial charge in [0.1, 0.15) is 13.2 Å². The van der Waals surface area contributed by atoms with Crippen molar-refractivity contribution in [2.75, 3.05) is 13.2 Å². The predicted molar refractivity (Wildman–Crippen MR) is 260 cm³/mol. The molecule has 0 aromatic heterocycles. The lowest BCUT2D eigenvalue weighted by Gasteiger charge is -2.18. The van der Waals surface area contributed by atoms with Crippen molar-refractivity contribution in [2.24, 2.45) is 0 Å². The van der Waals surface area contributed by atoms with Crippen molar-refractivity contribution in [3.05, 3.63) is 158 Å². The Balaban J connectivity index is 4.64. The molecule has 1 atom stereocenters. The number of ether oxygens (including phenoxy) is 3. The van der Waals surface area contributed by atoms with Gasteiger partial charge < -0.3 is 14.2 Å². The van der Waals surface area contributed by atoms with Gasteiger partial charge in [-0.05, 0) is 103 Å². The highest BCUT2D eigenvalue weighted by Crippen LogP contribution is 2.09. The molecule has 0 amide bonds. The second kappa shape index (κ2) is 47.7. The van der Waals surface area contributed by atoms with E-state index in [0.717, 1.165) is 89.9 Å². The SMILES string of the molecule is CC\C=C/C=C\C=C/C=C\CCCCCC(=O)OC(COC(=O)CC/C=C\C/C=C\C/C=C\C/C=C\C/C=C\C/C=C\CC)COC(=O)CCC/C=C\C/C=C\C/C=C\CC. The Labute approximate surface area is 371 Å². The fourth-order valence-electron chi connectivity index (χ4n) is 5.26. The van der Waals surface area contributed by atoms with Crippen LogP contribution in [0.15, 0.2) is 158 Å². The van der Waals surface area contributed by atoms with Gasteiger partial charge in [-0.2, -0.15) is 0 Å². The second-order valence-electron chi connectivity index (χ2n) is 14.3. The van der Waals surface area contributed by atoms with E-state index in [1.165, 1.54) is 0 Å². The molecule has 0 aliphatic rings. The largest absolute Gasteiger partial charge is 0.462 e. The van der Waals surface area contributed by atoms with Crippen LogP contribution >= 0.6 is 0 Å². The average molecular weight is 837 g/mol. The Kier molecular flexibility index (Phi) is 43.8. The van der Waals surface area contributed by atoms with Crippen LogP contribution < -0.4 is 0 Å². The molecule has 6 heteroatoms. The highest BCUT2D eigenvalue weighted by atomic mass is 16.6. The summed E-state index contributed by atoms with van der Waals surface area (Å²) in [4.78, 5) is 37.7. The van der Waals surface area contributed by atoms with Gasteiger partial charge in [0.05, 0.1) is 0 Å². The molecule has 61 heavy (non-hydrogen) atoms. The van der Waals surface area contributed by atoms with Crippen LogP contribution in [-0.2, 0) is 28.6 Å². The van der Waals surface area contributed by atoms with Gasteiger partial charge >= 0.3 is 17.9 Å². The number of esters is 3. The van der Waals surface area contributed by atoms with E-state index in [4.69, 9.17) is 14.2 Å². The molecule has 0 aromatic rings. The van der Waals surface area contributed by atoms with Crippen LogP contribution in [0.2, 0.25) is 0 Å². The van der Waals surface area contributed by atoms with Crippen molar-refractivity contribution < 1.29 is 28.6 Å². The van der Waals surface area contributed by atoms with E-state index in [-0.39, 0.29) is 38.4 Å². The molecular formula is C55H80O6. The minimum Gasteiger partial charge on any atom is -0.462 e. The van der Waals surface area contributed by atoms with Crippen molar-refractivity contribution >= 4 is 17.9 Å². The van der Waals surface area contributed by atoms with Gasteiger partial charge in [-0.25, -0.2) is 0 Å². The van der Waals surface area contributed by atoms with Crippen LogP contribution in [0.1, 0.15) is 149 Å². The van der Waals surface area contributed by atoms with Crippen LogP contribution in [0.3, 0.4) is 0 Å². The lowest BCUT2D eigenvalue weighted by molar-refractivity contribution is -0.166. The summed E-state index contributed by atoms with van der Waals surface area (Å²) < 4.78 is 16.5. The zero-order chi connectivity index (χ0) is 44.4. The Morgan fingerprint density at radius 2 is 0.721 bits per heavy atom. The lowest BCUT2D eigenvalue weighted by Crippen LogP contribution is -2.30. The number of hydrogen-bond donors (Lipinski definition) is 0. The van der Waals surface area contributed by atoms with Crippen molar-refractivity contribution in [3.8, 4) is 0 Å². The van der Waals surface area contributed by atoms with E-state index >= 15 is 0 Å². The first-order valence-electron chi connectivity index (χ1n) is 23.0. The standard InChI is InChI=1S/C55H80O6/c1-4-7-10-13-16-19-22-24-25-26-27-28-29-31-33-36-39-42-45-48-54(57)60-51-52(50-59-53(56)47-44-41-38-35-32-21-18-15-12-9-6-3)61-55(58)49-46-43-40-37-34-30-23-20-17-14-11-8-5-2/h7-12,14,16-21,23-25,27-28,30-31,33-35,38-39,42,52H,4-6,13,15,22,26,29,32,36-37,40-41,43-51H2,1-3H3/b10-7-,11-8-,12-9-,17-14-,19-16-,21-18-,23-20-,25-24-,28-27-,33-31-,34-30-,38-35-,42-39-. The van der Waals surface area contributed by atoms with Crippen LogP contribution in [0.25, 0.3) is 0 Å². The van der Waals surface area contributed by atoms with Crippen molar-refractivity contribution in [3.63, 3.8) is 0 Å². The quantitative estimate of drug-likeness (QED) is 0.0203. The van der Waals surface area contributed by atoms with Crippen LogP contribution in [0.4, 0.5) is 0 Å². The van der Waals surface area contributed by atoms with Gasteiger partial charge in [-0.1, -0.05) is 185 Å². The number of carbonyl (C=O) groups is 3. The van der Waals surface area contributed by atoms with Gasteiger partial charge in [0.2, 0.25) is 0 Å². The Hall–Kier alpha value is -4.97. The Morgan fingerprint density at radius 3 is 1.21 bits per heavy atom. The minimum absolute atomic E-state index is 0.152. The molecule has 0 aromatic carbocycles. The van der Waals surface area contributed by atoms with E-state index in [9.17, 15) is 14.4 Å². The number of hydrogen-bond acceptors (Lipinski definition) is 6. The van der Waals surface area contributed by atoms with E-state index in [0.29, 0.717) is 19.3 Å². The lowest BCUT2D eigenvalue weighted by atomic mass is 10.1. The van der Waals surface area contributed by atoms with E-state index in [2.05, 4.69) is 130 Å². The molecule has 0 spiro atoms. The van der Waals surface area contributed by atoms with Gasteiger partial charge in [-0.3, -0.25) is 14.4 Å². The monoisotopic (exact) mass is 837 g/mol. The Morgan fingerprint density at radius 1 is 0.344 bits per heavy atom. The summed E-state index contributed by atoms with van der Waals surface area (Å²) in [5, 5.41) is 0. The first-order valence-corrected chi connectivity index (χ1v) is 23.0. The molecule has 0 saturated carbocycles. The zero-order valence-corrected chi connectivity index (χ0v) is 38.1. The number of carbonyl (C=O) groups excluding carboxylic acids is 3. The summed E-state index contributed by atoms with van der Waals surface area (Å²) in [7, 11) is 0. The molecule has 0 N–H and O–H groups in total. The molecule has 0 aliphatic carbocycles. The zero-order valence-electron chi connectivity index (χ0n) is 38.1. The summed E-state index contributed by atoms with van der Waals surface area (Å²) in [6.45, 7) is 6.06. The molecule has 0 rings (SSSR count). The second-order valence-corrected chi connectivity index (χ2v) is 14.3. The van der Waals surface area contributed by atoms with E-state index in [1.54, 1.807) is 0 Å². The maximum atomic E-state index is 12.7. The van der Waals surface area contributed by atoms with E-state index in [1.807, 2.05) is 48.6 Å². The maximum Gasteiger partial charge on any atom is 0.306 e. The smallest absolute Gasteiger partial charge is 0.306 e. The fraction of sp³-hybridized carbons (Fsp3) is 0.473. The van der Waals surface area contributed by atoms with Crippen LogP contribution in [-0.4, -0.2) is 37.2 Å². The van der Waals surface area contributed by atoms with Gasteiger partial charge in [0, 0.05) is 19.3 Å². The van der Waals surface area contributed by atoms with Crippen molar-refractivity contribution in [2.45, 2.75) is 155 Å². The van der Waals surface area contributed by atoms with Gasteiger partial charge in [-0.15, -0.1) is 0 Å². The number of unbranched alkanes of at least 4 members (excludes halogenated alkanes) is 4. The van der Waals surface area contributed by atoms with E-state index < -0.39 is 18.0 Å². The molecule has 0 aliphatic heterocycles. The predicted octanol–water partition coefficient (Wildman–Crippen LogP) is 15.1. The summed E-state index contributed by atoms with van der Waals surface area (Å²) in [5.74, 6) is -1.15. The minimum atomic E-state index is -0.855. The molecule has 0 saturated heterocycles. The first kappa shape index (κ1) is 56.0. The summed E-state index contributed by atoms with van der Waals surface area (Å²) in [6, 6.07) is 0. The normalized spacial score (nSPS) is 13.6. The molecular weight excluding hydrogens is 757 g/mol. The third-order valence-corrected chi connectivity index (χ3v) is 8.62. The summed E-state index contributed by atoms with van der Waals surface area (Å²) in [6.07, 6.45) is 69.6. The summed E-state index contributed by atoms with van der Waals surface area (Å²) >= 11 is 0.